The third-order valence-corrected chi connectivity index (χ3v) is 5.57. The van der Waals surface area contributed by atoms with Crippen molar-refractivity contribution in [2.75, 3.05) is 19.6 Å². The van der Waals surface area contributed by atoms with Crippen molar-refractivity contribution < 1.29 is 9.53 Å². The van der Waals surface area contributed by atoms with E-state index in [9.17, 15) is 4.79 Å². The maximum Gasteiger partial charge on any atom is 0.225 e. The first-order valence-electron chi connectivity index (χ1n) is 11.6. The number of aliphatic imine (C=N–C) groups is 1. The fourth-order valence-corrected chi connectivity index (χ4v) is 3.83. The molecule has 0 radical (unpaired) electrons. The summed E-state index contributed by atoms with van der Waals surface area (Å²) in [7, 11) is 0. The molecule has 2 aromatic carbocycles. The van der Waals surface area contributed by atoms with Gasteiger partial charge >= 0.3 is 0 Å². The lowest BCUT2D eigenvalue weighted by Gasteiger charge is -2.20. The Balaban J connectivity index is 0.00000385. The standard InChI is InChI=1S/C26H36N4O2.HI/c1-4-27-26(29-24-14-15-30(17-24)25(31)20(2)3)28-16-22-12-8-9-13-23(22)19-32-18-21-10-6-5-7-11-21;/h5-13,20,24H,4,14-19H2,1-3H3,(H2,27,28,29);1H. The van der Waals surface area contributed by atoms with Crippen LogP contribution in [0.3, 0.4) is 0 Å². The van der Waals surface area contributed by atoms with E-state index in [1.54, 1.807) is 0 Å². The summed E-state index contributed by atoms with van der Waals surface area (Å²) in [6.07, 6.45) is 0.937. The summed E-state index contributed by atoms with van der Waals surface area (Å²) in [6, 6.07) is 18.7. The number of rotatable bonds is 9. The number of nitrogens with one attached hydrogen (secondary N) is 2. The number of likely N-dealkylation sites (tertiary alicyclic amines) is 1. The van der Waals surface area contributed by atoms with Gasteiger partial charge in [0.1, 0.15) is 0 Å². The van der Waals surface area contributed by atoms with Crippen LogP contribution in [-0.4, -0.2) is 42.4 Å². The highest BCUT2D eigenvalue weighted by Crippen LogP contribution is 2.15. The van der Waals surface area contributed by atoms with Crippen molar-refractivity contribution in [1.29, 1.82) is 0 Å². The maximum absolute atomic E-state index is 12.3. The predicted molar refractivity (Wildman–Crippen MR) is 145 cm³/mol. The van der Waals surface area contributed by atoms with Crippen molar-refractivity contribution >= 4 is 35.8 Å². The summed E-state index contributed by atoms with van der Waals surface area (Å²) in [6.45, 7) is 10.0. The van der Waals surface area contributed by atoms with Crippen molar-refractivity contribution in [2.24, 2.45) is 10.9 Å². The summed E-state index contributed by atoms with van der Waals surface area (Å²) in [5.41, 5.74) is 3.47. The van der Waals surface area contributed by atoms with E-state index < -0.39 is 0 Å². The Labute approximate surface area is 215 Å². The van der Waals surface area contributed by atoms with Gasteiger partial charge in [-0.05, 0) is 30.0 Å². The summed E-state index contributed by atoms with van der Waals surface area (Å²) in [4.78, 5) is 19.0. The van der Waals surface area contributed by atoms with Gasteiger partial charge in [-0.25, -0.2) is 4.99 Å². The molecule has 0 aromatic heterocycles. The molecule has 1 heterocycles. The number of amides is 1. The average molecular weight is 565 g/mol. The molecule has 1 aliphatic heterocycles. The zero-order valence-corrected chi connectivity index (χ0v) is 22.3. The molecule has 1 fully saturated rings. The van der Waals surface area contributed by atoms with Gasteiger partial charge in [-0.1, -0.05) is 68.4 Å². The van der Waals surface area contributed by atoms with Gasteiger partial charge in [0.2, 0.25) is 5.91 Å². The number of halogens is 1. The molecule has 180 valence electrons. The first-order chi connectivity index (χ1) is 15.6. The Morgan fingerprint density at radius 3 is 2.48 bits per heavy atom. The van der Waals surface area contributed by atoms with Crippen molar-refractivity contribution in [1.82, 2.24) is 15.5 Å². The highest BCUT2D eigenvalue weighted by Gasteiger charge is 2.27. The molecular weight excluding hydrogens is 527 g/mol. The topological polar surface area (TPSA) is 66.0 Å². The zero-order valence-electron chi connectivity index (χ0n) is 19.9. The lowest BCUT2D eigenvalue weighted by molar-refractivity contribution is -0.133. The number of hydrogen-bond donors (Lipinski definition) is 2. The molecule has 1 unspecified atom stereocenters. The number of guanidine groups is 1. The normalized spacial score (nSPS) is 15.9. The van der Waals surface area contributed by atoms with Crippen LogP contribution >= 0.6 is 24.0 Å². The number of ether oxygens (including phenoxy) is 1. The van der Waals surface area contributed by atoms with E-state index in [0.717, 1.165) is 43.1 Å². The lowest BCUT2D eigenvalue weighted by atomic mass is 10.1. The molecule has 1 atom stereocenters. The van der Waals surface area contributed by atoms with Crippen LogP contribution < -0.4 is 10.6 Å². The van der Waals surface area contributed by atoms with E-state index in [1.165, 1.54) is 5.56 Å². The van der Waals surface area contributed by atoms with Crippen LogP contribution in [0.25, 0.3) is 0 Å². The molecule has 0 bridgehead atoms. The van der Waals surface area contributed by atoms with Crippen molar-refractivity contribution in [3.05, 3.63) is 71.3 Å². The van der Waals surface area contributed by atoms with Crippen molar-refractivity contribution in [3.8, 4) is 0 Å². The first-order valence-corrected chi connectivity index (χ1v) is 11.6. The van der Waals surface area contributed by atoms with Crippen molar-refractivity contribution in [3.63, 3.8) is 0 Å². The highest BCUT2D eigenvalue weighted by molar-refractivity contribution is 14.0. The Morgan fingerprint density at radius 2 is 1.79 bits per heavy atom. The molecule has 0 spiro atoms. The second-order valence-corrected chi connectivity index (χ2v) is 8.51. The summed E-state index contributed by atoms with van der Waals surface area (Å²) >= 11 is 0. The third kappa shape index (κ3) is 8.62. The molecule has 2 N–H and O–H groups in total. The van der Waals surface area contributed by atoms with Crippen LogP contribution in [0.2, 0.25) is 0 Å². The van der Waals surface area contributed by atoms with Crippen LogP contribution in [0, 0.1) is 5.92 Å². The number of carbonyl (C=O) groups excluding carboxylic acids is 1. The largest absolute Gasteiger partial charge is 0.372 e. The van der Waals surface area contributed by atoms with Gasteiger partial charge in [0, 0.05) is 31.6 Å². The van der Waals surface area contributed by atoms with E-state index in [-0.39, 0.29) is 41.8 Å². The van der Waals surface area contributed by atoms with E-state index in [4.69, 9.17) is 9.73 Å². The molecule has 1 aliphatic rings. The molecular formula is C26H37IN4O2. The van der Waals surface area contributed by atoms with Gasteiger partial charge in [0.15, 0.2) is 5.96 Å². The molecule has 1 saturated heterocycles. The van der Waals surface area contributed by atoms with E-state index in [0.29, 0.717) is 19.8 Å². The van der Waals surface area contributed by atoms with Gasteiger partial charge in [-0.2, -0.15) is 0 Å². The van der Waals surface area contributed by atoms with Gasteiger partial charge in [0.25, 0.3) is 0 Å². The Bertz CT molecular complexity index is 889. The van der Waals surface area contributed by atoms with Crippen LogP contribution in [0.15, 0.2) is 59.6 Å². The van der Waals surface area contributed by atoms with Gasteiger partial charge in [0.05, 0.1) is 19.8 Å². The minimum absolute atomic E-state index is 0. The summed E-state index contributed by atoms with van der Waals surface area (Å²) < 4.78 is 5.94. The Kier molecular flexibility index (Phi) is 11.7. The average Bonchev–Trinajstić information content (AvgIpc) is 3.27. The van der Waals surface area contributed by atoms with Crippen LogP contribution in [-0.2, 0) is 29.3 Å². The lowest BCUT2D eigenvalue weighted by Crippen LogP contribution is -2.45. The first kappa shape index (κ1) is 27.1. The van der Waals surface area contributed by atoms with E-state index in [2.05, 4.69) is 41.8 Å². The van der Waals surface area contributed by atoms with Gasteiger partial charge in [-0.15, -0.1) is 24.0 Å². The smallest absolute Gasteiger partial charge is 0.225 e. The molecule has 2 aromatic rings. The minimum atomic E-state index is 0. The van der Waals surface area contributed by atoms with Gasteiger partial charge < -0.3 is 20.3 Å². The van der Waals surface area contributed by atoms with E-state index >= 15 is 0 Å². The minimum Gasteiger partial charge on any atom is -0.372 e. The predicted octanol–water partition coefficient (Wildman–Crippen LogP) is 4.33. The quantitative estimate of drug-likeness (QED) is 0.271. The number of hydrogen-bond acceptors (Lipinski definition) is 3. The second kappa shape index (κ2) is 14.2. The SMILES string of the molecule is CCNC(=NCc1ccccc1COCc1ccccc1)NC1CCN(C(=O)C(C)C)C1.I. The maximum atomic E-state index is 12.3. The molecule has 33 heavy (non-hydrogen) atoms. The number of benzene rings is 2. The third-order valence-electron chi connectivity index (χ3n) is 5.57. The highest BCUT2D eigenvalue weighted by atomic mass is 127. The van der Waals surface area contributed by atoms with Crippen LogP contribution in [0.5, 0.6) is 0 Å². The van der Waals surface area contributed by atoms with Gasteiger partial charge in [-0.3, -0.25) is 4.79 Å². The monoisotopic (exact) mass is 564 g/mol. The van der Waals surface area contributed by atoms with Crippen molar-refractivity contribution in [2.45, 2.75) is 53.0 Å². The molecule has 3 rings (SSSR count). The molecule has 6 nitrogen and oxygen atoms in total. The summed E-state index contributed by atoms with van der Waals surface area (Å²) in [5, 5.41) is 6.84. The molecule has 0 aliphatic carbocycles. The molecule has 1 amide bonds. The van der Waals surface area contributed by atoms with E-state index in [1.807, 2.05) is 49.1 Å². The Morgan fingerprint density at radius 1 is 1.09 bits per heavy atom. The molecule has 7 heteroatoms. The number of carbonyl (C=O) groups is 1. The fraction of sp³-hybridized carbons (Fsp3) is 0.462. The van der Waals surface area contributed by atoms with Crippen LogP contribution in [0.4, 0.5) is 0 Å². The van der Waals surface area contributed by atoms with Crippen LogP contribution in [0.1, 0.15) is 43.9 Å². The zero-order chi connectivity index (χ0) is 22.8. The summed E-state index contributed by atoms with van der Waals surface area (Å²) in [5.74, 6) is 1.05. The second-order valence-electron chi connectivity index (χ2n) is 8.51. The molecule has 0 saturated carbocycles. The fourth-order valence-electron chi connectivity index (χ4n) is 3.83. The Hall–Kier alpha value is -2.13. The number of nitrogens with zero attached hydrogens (tertiary/aromatic N) is 2.